The molecule has 0 fully saturated rings. The van der Waals surface area contributed by atoms with E-state index in [1.165, 1.54) is 0 Å². The van der Waals surface area contributed by atoms with Crippen molar-refractivity contribution in [1.29, 1.82) is 0 Å². The van der Waals surface area contributed by atoms with E-state index in [9.17, 15) is 0 Å². The van der Waals surface area contributed by atoms with Gasteiger partial charge in [0, 0.05) is 20.3 Å². The van der Waals surface area contributed by atoms with Gasteiger partial charge in [-0.3, -0.25) is 0 Å². The zero-order chi connectivity index (χ0) is 13.9. The average molecular weight is 267 g/mol. The minimum atomic E-state index is 0.139. The fourth-order valence-electron chi connectivity index (χ4n) is 1.70. The van der Waals surface area contributed by atoms with Crippen LogP contribution >= 0.6 is 0 Å². The van der Waals surface area contributed by atoms with Gasteiger partial charge in [0.25, 0.3) is 0 Å². The van der Waals surface area contributed by atoms with Gasteiger partial charge in [0.15, 0.2) is 0 Å². The SMILES string of the molecule is CCOc1ccc(OC(C)CNCCCOC)cc1. The third kappa shape index (κ3) is 7.03. The van der Waals surface area contributed by atoms with E-state index < -0.39 is 0 Å². The predicted octanol–water partition coefficient (Wildman–Crippen LogP) is 2.48. The summed E-state index contributed by atoms with van der Waals surface area (Å²) in [6.07, 6.45) is 1.16. The summed E-state index contributed by atoms with van der Waals surface area (Å²) in [5.41, 5.74) is 0. The minimum Gasteiger partial charge on any atom is -0.494 e. The maximum absolute atomic E-state index is 5.80. The van der Waals surface area contributed by atoms with Gasteiger partial charge in [-0.05, 0) is 51.1 Å². The second kappa shape index (κ2) is 9.64. The molecule has 1 aromatic carbocycles. The van der Waals surface area contributed by atoms with Gasteiger partial charge in [0.05, 0.1) is 6.61 Å². The molecule has 1 aromatic rings. The minimum absolute atomic E-state index is 0.139. The summed E-state index contributed by atoms with van der Waals surface area (Å²) >= 11 is 0. The van der Waals surface area contributed by atoms with E-state index in [0.717, 1.165) is 37.6 Å². The van der Waals surface area contributed by atoms with Crippen LogP contribution in [0.15, 0.2) is 24.3 Å². The Labute approximate surface area is 116 Å². The molecule has 1 rings (SSSR count). The van der Waals surface area contributed by atoms with Crippen LogP contribution in [-0.2, 0) is 4.74 Å². The van der Waals surface area contributed by atoms with Crippen molar-refractivity contribution in [2.45, 2.75) is 26.4 Å². The van der Waals surface area contributed by atoms with Crippen molar-refractivity contribution in [2.24, 2.45) is 0 Å². The summed E-state index contributed by atoms with van der Waals surface area (Å²) in [5, 5.41) is 3.34. The van der Waals surface area contributed by atoms with Crippen molar-refractivity contribution < 1.29 is 14.2 Å². The van der Waals surface area contributed by atoms with E-state index in [4.69, 9.17) is 14.2 Å². The number of ether oxygens (including phenoxy) is 3. The normalized spacial score (nSPS) is 12.2. The second-order valence-electron chi connectivity index (χ2n) is 4.38. The highest BCUT2D eigenvalue weighted by molar-refractivity contribution is 5.31. The smallest absolute Gasteiger partial charge is 0.120 e. The van der Waals surface area contributed by atoms with E-state index in [1.54, 1.807) is 7.11 Å². The highest BCUT2D eigenvalue weighted by atomic mass is 16.5. The van der Waals surface area contributed by atoms with Gasteiger partial charge in [0.1, 0.15) is 17.6 Å². The van der Waals surface area contributed by atoms with Gasteiger partial charge in [-0.25, -0.2) is 0 Å². The Kier molecular flexibility index (Phi) is 8.02. The lowest BCUT2D eigenvalue weighted by Crippen LogP contribution is -2.30. The summed E-state index contributed by atoms with van der Waals surface area (Å²) in [6.45, 7) is 7.28. The van der Waals surface area contributed by atoms with Crippen molar-refractivity contribution in [3.05, 3.63) is 24.3 Å². The number of methoxy groups -OCH3 is 1. The summed E-state index contributed by atoms with van der Waals surface area (Å²) in [5.74, 6) is 1.75. The van der Waals surface area contributed by atoms with Gasteiger partial charge in [-0.2, -0.15) is 0 Å². The standard InChI is InChI=1S/C15H25NO3/c1-4-18-14-6-8-15(9-7-14)19-13(2)12-16-10-5-11-17-3/h6-9,13,16H,4-5,10-12H2,1-3H3. The maximum atomic E-state index is 5.80. The Morgan fingerprint density at radius 1 is 1.16 bits per heavy atom. The van der Waals surface area contributed by atoms with Crippen LogP contribution in [0.25, 0.3) is 0 Å². The molecule has 0 aliphatic heterocycles. The van der Waals surface area contributed by atoms with Crippen LogP contribution in [0.5, 0.6) is 11.5 Å². The van der Waals surface area contributed by atoms with Crippen LogP contribution in [0.1, 0.15) is 20.3 Å². The quantitative estimate of drug-likeness (QED) is 0.661. The van der Waals surface area contributed by atoms with Crippen molar-refractivity contribution in [3.63, 3.8) is 0 Å². The van der Waals surface area contributed by atoms with Crippen LogP contribution in [0.2, 0.25) is 0 Å². The summed E-state index contributed by atoms with van der Waals surface area (Å²) in [7, 11) is 1.72. The molecule has 0 aliphatic rings. The van der Waals surface area contributed by atoms with Crippen LogP contribution < -0.4 is 14.8 Å². The molecule has 0 spiro atoms. The fraction of sp³-hybridized carbons (Fsp3) is 0.600. The number of nitrogens with one attached hydrogen (secondary N) is 1. The molecule has 0 aliphatic carbocycles. The number of rotatable bonds is 10. The van der Waals surface area contributed by atoms with Gasteiger partial charge < -0.3 is 19.5 Å². The maximum Gasteiger partial charge on any atom is 0.120 e. The number of benzene rings is 1. The fourth-order valence-corrected chi connectivity index (χ4v) is 1.70. The Morgan fingerprint density at radius 3 is 2.47 bits per heavy atom. The van der Waals surface area contributed by atoms with Gasteiger partial charge in [-0.15, -0.1) is 0 Å². The molecule has 4 nitrogen and oxygen atoms in total. The molecule has 1 unspecified atom stereocenters. The molecule has 0 saturated heterocycles. The van der Waals surface area contributed by atoms with Crippen molar-refractivity contribution in [3.8, 4) is 11.5 Å². The molecule has 4 heteroatoms. The summed E-state index contributed by atoms with van der Waals surface area (Å²) in [4.78, 5) is 0. The van der Waals surface area contributed by atoms with Crippen molar-refractivity contribution in [1.82, 2.24) is 5.32 Å². The van der Waals surface area contributed by atoms with Crippen LogP contribution in [-0.4, -0.2) is 39.5 Å². The highest BCUT2D eigenvalue weighted by Gasteiger charge is 2.03. The number of hydrogen-bond donors (Lipinski definition) is 1. The van der Waals surface area contributed by atoms with E-state index in [1.807, 2.05) is 31.2 Å². The van der Waals surface area contributed by atoms with Gasteiger partial charge in [0.2, 0.25) is 0 Å². The van der Waals surface area contributed by atoms with E-state index >= 15 is 0 Å². The lowest BCUT2D eigenvalue weighted by atomic mass is 10.3. The number of hydrogen-bond acceptors (Lipinski definition) is 4. The molecule has 0 heterocycles. The first-order chi connectivity index (χ1) is 9.26. The average Bonchev–Trinajstić information content (AvgIpc) is 2.41. The van der Waals surface area contributed by atoms with Gasteiger partial charge in [-0.1, -0.05) is 0 Å². The molecular weight excluding hydrogens is 242 g/mol. The Hall–Kier alpha value is -1.26. The second-order valence-corrected chi connectivity index (χ2v) is 4.38. The van der Waals surface area contributed by atoms with Gasteiger partial charge >= 0.3 is 0 Å². The molecule has 0 bridgehead atoms. The summed E-state index contributed by atoms with van der Waals surface area (Å²) < 4.78 is 16.2. The van der Waals surface area contributed by atoms with E-state index in [-0.39, 0.29) is 6.10 Å². The third-order valence-corrected chi connectivity index (χ3v) is 2.61. The lowest BCUT2D eigenvalue weighted by molar-refractivity contribution is 0.188. The molecule has 0 aromatic heterocycles. The first-order valence-electron chi connectivity index (χ1n) is 6.85. The first kappa shape index (κ1) is 15.8. The molecular formula is C15H25NO3. The first-order valence-corrected chi connectivity index (χ1v) is 6.85. The molecule has 19 heavy (non-hydrogen) atoms. The third-order valence-electron chi connectivity index (χ3n) is 2.61. The predicted molar refractivity (Wildman–Crippen MR) is 77.1 cm³/mol. The highest BCUT2D eigenvalue weighted by Crippen LogP contribution is 2.18. The topological polar surface area (TPSA) is 39.7 Å². The molecule has 0 radical (unpaired) electrons. The largest absolute Gasteiger partial charge is 0.494 e. The molecule has 1 atom stereocenters. The zero-order valence-corrected chi connectivity index (χ0v) is 12.1. The van der Waals surface area contributed by atoms with E-state index in [0.29, 0.717) is 6.61 Å². The van der Waals surface area contributed by atoms with Crippen molar-refractivity contribution >= 4 is 0 Å². The molecule has 0 saturated carbocycles. The molecule has 108 valence electrons. The zero-order valence-electron chi connectivity index (χ0n) is 12.1. The lowest BCUT2D eigenvalue weighted by Gasteiger charge is -2.15. The Morgan fingerprint density at radius 2 is 1.84 bits per heavy atom. The van der Waals surface area contributed by atoms with Crippen LogP contribution in [0, 0.1) is 0 Å². The van der Waals surface area contributed by atoms with E-state index in [2.05, 4.69) is 12.2 Å². The monoisotopic (exact) mass is 267 g/mol. The van der Waals surface area contributed by atoms with Crippen LogP contribution in [0.3, 0.4) is 0 Å². The Bertz CT molecular complexity index is 327. The van der Waals surface area contributed by atoms with Crippen molar-refractivity contribution in [2.75, 3.05) is 33.4 Å². The molecule has 1 N–H and O–H groups in total. The Balaban J connectivity index is 2.22. The van der Waals surface area contributed by atoms with Crippen LogP contribution in [0.4, 0.5) is 0 Å². The summed E-state index contributed by atoms with van der Waals surface area (Å²) in [6, 6.07) is 7.73. The molecule has 0 amide bonds.